The molecule has 1 aliphatic rings. The van der Waals surface area contributed by atoms with Crippen molar-refractivity contribution in [2.75, 3.05) is 24.9 Å². The Morgan fingerprint density at radius 2 is 1.82 bits per heavy atom. The highest BCUT2D eigenvalue weighted by atomic mass is 16.5. The fourth-order valence-corrected chi connectivity index (χ4v) is 4.50. The van der Waals surface area contributed by atoms with Crippen LogP contribution in [-0.4, -0.2) is 34.9 Å². The normalized spacial score (nSPS) is 14.4. The number of nitrogens with zero attached hydrogens (tertiary/aromatic N) is 3. The summed E-state index contributed by atoms with van der Waals surface area (Å²) in [5.41, 5.74) is 4.88. The Balaban J connectivity index is 1.46. The molecule has 9 nitrogen and oxygen atoms in total. The second-order valence-corrected chi connectivity index (χ2v) is 8.97. The second kappa shape index (κ2) is 10.7. The molecule has 9 heteroatoms. The molecule has 3 aromatic carbocycles. The van der Waals surface area contributed by atoms with E-state index in [1.54, 1.807) is 43.2 Å². The predicted octanol–water partition coefficient (Wildman–Crippen LogP) is 5.11. The lowest BCUT2D eigenvalue weighted by Crippen LogP contribution is -2.31. The molecule has 0 spiro atoms. The van der Waals surface area contributed by atoms with Crippen LogP contribution >= 0.6 is 0 Å². The third-order valence-corrected chi connectivity index (χ3v) is 6.37. The van der Waals surface area contributed by atoms with Crippen LogP contribution in [0.3, 0.4) is 0 Å². The lowest BCUT2D eigenvalue weighted by atomic mass is 9.94. The zero-order chi connectivity index (χ0) is 26.6. The van der Waals surface area contributed by atoms with Gasteiger partial charge in [-0.05, 0) is 61.4 Å². The highest BCUT2D eigenvalue weighted by molar-refractivity contribution is 6.06. The van der Waals surface area contributed by atoms with Crippen LogP contribution in [-0.2, 0) is 11.4 Å². The Hall–Kier alpha value is -4.79. The molecule has 0 fully saturated rings. The molecule has 1 atom stereocenters. The van der Waals surface area contributed by atoms with Gasteiger partial charge in [-0.2, -0.15) is 10.1 Å². The maximum absolute atomic E-state index is 13.6. The van der Waals surface area contributed by atoms with E-state index in [9.17, 15) is 4.79 Å². The van der Waals surface area contributed by atoms with E-state index in [1.165, 1.54) is 11.9 Å². The molecule has 38 heavy (non-hydrogen) atoms. The van der Waals surface area contributed by atoms with Gasteiger partial charge in [0.15, 0.2) is 11.5 Å². The molecule has 194 valence electrons. The van der Waals surface area contributed by atoms with Gasteiger partial charge in [-0.1, -0.05) is 35.9 Å². The SMILES string of the molecule is COc1ccc(NC(=O)C2=C(C)Nc3ncnn3[C@@H]2c2ccc(OCc3cccc(C)c3)c(OC)c2)cc1. The summed E-state index contributed by atoms with van der Waals surface area (Å²) in [4.78, 5) is 17.9. The molecule has 1 aliphatic heterocycles. The van der Waals surface area contributed by atoms with Crippen LogP contribution in [0.2, 0.25) is 0 Å². The molecule has 0 unspecified atom stereocenters. The van der Waals surface area contributed by atoms with Gasteiger partial charge in [0.2, 0.25) is 5.95 Å². The van der Waals surface area contributed by atoms with Crippen LogP contribution in [0.1, 0.15) is 29.7 Å². The quantitative estimate of drug-likeness (QED) is 0.339. The second-order valence-electron chi connectivity index (χ2n) is 8.97. The average Bonchev–Trinajstić information content (AvgIpc) is 3.39. The number of methoxy groups -OCH3 is 2. The Bertz CT molecular complexity index is 1490. The van der Waals surface area contributed by atoms with Crippen LogP contribution in [0.15, 0.2) is 84.3 Å². The van der Waals surface area contributed by atoms with Gasteiger partial charge in [0.05, 0.1) is 19.8 Å². The smallest absolute Gasteiger partial charge is 0.255 e. The minimum Gasteiger partial charge on any atom is -0.497 e. The molecule has 1 amide bonds. The van der Waals surface area contributed by atoms with Crippen molar-refractivity contribution >= 4 is 17.5 Å². The number of ether oxygens (including phenoxy) is 3. The minimum absolute atomic E-state index is 0.259. The first-order chi connectivity index (χ1) is 18.5. The summed E-state index contributed by atoms with van der Waals surface area (Å²) >= 11 is 0. The van der Waals surface area contributed by atoms with Gasteiger partial charge in [0.1, 0.15) is 24.7 Å². The third-order valence-electron chi connectivity index (χ3n) is 6.37. The van der Waals surface area contributed by atoms with E-state index in [2.05, 4.69) is 26.8 Å². The van der Waals surface area contributed by atoms with Crippen molar-refractivity contribution in [2.24, 2.45) is 0 Å². The molecule has 0 radical (unpaired) electrons. The molecular weight excluding hydrogens is 482 g/mol. The first-order valence-electron chi connectivity index (χ1n) is 12.2. The fraction of sp³-hybridized carbons (Fsp3) is 0.207. The van der Waals surface area contributed by atoms with Gasteiger partial charge < -0.3 is 24.8 Å². The van der Waals surface area contributed by atoms with Crippen molar-refractivity contribution < 1.29 is 19.0 Å². The Labute approximate surface area is 221 Å². The first-order valence-corrected chi connectivity index (χ1v) is 12.2. The van der Waals surface area contributed by atoms with E-state index in [-0.39, 0.29) is 5.91 Å². The Morgan fingerprint density at radius 3 is 2.55 bits per heavy atom. The van der Waals surface area contributed by atoms with Crippen LogP contribution in [0.5, 0.6) is 17.2 Å². The summed E-state index contributed by atoms with van der Waals surface area (Å²) < 4.78 is 18.7. The number of fused-ring (bicyclic) bond motifs is 1. The summed E-state index contributed by atoms with van der Waals surface area (Å²) in [7, 11) is 3.20. The first kappa shape index (κ1) is 24.9. The maximum Gasteiger partial charge on any atom is 0.255 e. The lowest BCUT2D eigenvalue weighted by molar-refractivity contribution is -0.113. The standard InChI is InChI=1S/C29H29N5O4/c1-18-6-5-7-20(14-18)16-38-24-13-8-21(15-25(24)37-4)27-26(19(2)32-29-30-17-31-34(27)29)28(35)33-22-9-11-23(36-3)12-10-22/h5-15,17,27H,16H2,1-4H3,(H,33,35)(H,30,31,32)/t27-/m1/s1. The van der Waals surface area contributed by atoms with Crippen molar-refractivity contribution in [3.8, 4) is 17.2 Å². The third kappa shape index (κ3) is 5.04. The van der Waals surface area contributed by atoms with E-state index in [1.807, 2.05) is 50.2 Å². The monoisotopic (exact) mass is 511 g/mol. The zero-order valence-electron chi connectivity index (χ0n) is 21.7. The summed E-state index contributed by atoms with van der Waals surface area (Å²) in [6.07, 6.45) is 1.46. The number of carbonyl (C=O) groups excluding carboxylic acids is 1. The number of hydrogen-bond donors (Lipinski definition) is 2. The highest BCUT2D eigenvalue weighted by Gasteiger charge is 2.34. The van der Waals surface area contributed by atoms with Gasteiger partial charge in [-0.25, -0.2) is 4.68 Å². The van der Waals surface area contributed by atoms with E-state index in [0.29, 0.717) is 46.8 Å². The summed E-state index contributed by atoms with van der Waals surface area (Å²) in [5.74, 6) is 2.16. The average molecular weight is 512 g/mol. The lowest BCUT2D eigenvalue weighted by Gasteiger charge is -2.29. The van der Waals surface area contributed by atoms with Crippen molar-refractivity contribution in [1.82, 2.24) is 14.8 Å². The number of aromatic nitrogens is 3. The van der Waals surface area contributed by atoms with Crippen molar-refractivity contribution in [3.05, 3.63) is 101 Å². The van der Waals surface area contributed by atoms with E-state index >= 15 is 0 Å². The van der Waals surface area contributed by atoms with E-state index < -0.39 is 6.04 Å². The van der Waals surface area contributed by atoms with Gasteiger partial charge in [0.25, 0.3) is 5.91 Å². The van der Waals surface area contributed by atoms with Crippen LogP contribution in [0.25, 0.3) is 0 Å². The molecule has 0 bridgehead atoms. The summed E-state index contributed by atoms with van der Waals surface area (Å²) in [6.45, 7) is 4.31. The molecule has 4 aromatic rings. The van der Waals surface area contributed by atoms with Crippen molar-refractivity contribution in [2.45, 2.75) is 26.5 Å². The van der Waals surface area contributed by atoms with Gasteiger partial charge >= 0.3 is 0 Å². The number of anilines is 2. The highest BCUT2D eigenvalue weighted by Crippen LogP contribution is 2.39. The number of rotatable bonds is 8. The molecule has 2 N–H and O–H groups in total. The number of carbonyl (C=O) groups is 1. The van der Waals surface area contributed by atoms with E-state index in [0.717, 1.165) is 11.1 Å². The molecule has 0 aliphatic carbocycles. The summed E-state index contributed by atoms with van der Waals surface area (Å²) in [6, 6.07) is 20.5. The van der Waals surface area contributed by atoms with Gasteiger partial charge in [-0.3, -0.25) is 4.79 Å². The summed E-state index contributed by atoms with van der Waals surface area (Å²) in [5, 5.41) is 10.6. The Kier molecular flexibility index (Phi) is 6.99. The Morgan fingerprint density at radius 1 is 1.00 bits per heavy atom. The minimum atomic E-state index is -0.535. The topological polar surface area (TPSA) is 99.5 Å². The molecule has 5 rings (SSSR count). The molecular formula is C29H29N5O4. The van der Waals surface area contributed by atoms with Crippen molar-refractivity contribution in [3.63, 3.8) is 0 Å². The molecule has 0 saturated carbocycles. The fourth-order valence-electron chi connectivity index (χ4n) is 4.50. The predicted molar refractivity (Wildman–Crippen MR) is 145 cm³/mol. The zero-order valence-corrected chi connectivity index (χ0v) is 21.7. The largest absolute Gasteiger partial charge is 0.497 e. The van der Waals surface area contributed by atoms with Crippen LogP contribution in [0, 0.1) is 6.92 Å². The maximum atomic E-state index is 13.6. The molecule has 2 heterocycles. The van der Waals surface area contributed by atoms with Gasteiger partial charge in [0, 0.05) is 11.4 Å². The van der Waals surface area contributed by atoms with Crippen LogP contribution < -0.4 is 24.8 Å². The van der Waals surface area contributed by atoms with Crippen LogP contribution in [0.4, 0.5) is 11.6 Å². The number of allylic oxidation sites excluding steroid dienone is 1. The number of amides is 1. The number of hydrogen-bond acceptors (Lipinski definition) is 7. The molecule has 1 aromatic heterocycles. The van der Waals surface area contributed by atoms with Crippen molar-refractivity contribution in [1.29, 1.82) is 0 Å². The van der Waals surface area contributed by atoms with E-state index in [4.69, 9.17) is 14.2 Å². The number of aryl methyl sites for hydroxylation is 1. The molecule has 0 saturated heterocycles. The van der Waals surface area contributed by atoms with Gasteiger partial charge in [-0.15, -0.1) is 0 Å². The number of nitrogens with one attached hydrogen (secondary N) is 2. The number of benzene rings is 3.